The van der Waals surface area contributed by atoms with E-state index in [4.69, 9.17) is 0 Å². The highest BCUT2D eigenvalue weighted by Crippen LogP contribution is 2.12. The Hall–Kier alpha value is -0.0800. The van der Waals surface area contributed by atoms with Crippen molar-refractivity contribution < 1.29 is 0 Å². The molecule has 190 valence electrons. The Labute approximate surface area is 199 Å². The van der Waals surface area contributed by atoms with Crippen LogP contribution in [-0.4, -0.2) is 51.1 Å². The van der Waals surface area contributed by atoms with E-state index in [0.717, 1.165) is 0 Å². The predicted molar refractivity (Wildman–Crippen MR) is 145 cm³/mol. The molecule has 0 radical (unpaired) electrons. The number of nitrogens with zero attached hydrogens (tertiary/aromatic N) is 2. The lowest BCUT2D eigenvalue weighted by Crippen LogP contribution is -2.12. The molecule has 0 saturated carbocycles. The van der Waals surface area contributed by atoms with Gasteiger partial charge >= 0.3 is 0 Å². The van der Waals surface area contributed by atoms with Gasteiger partial charge in [-0.25, -0.2) is 0 Å². The second-order valence-corrected chi connectivity index (χ2v) is 10.3. The van der Waals surface area contributed by atoms with Crippen molar-refractivity contribution in [2.75, 3.05) is 41.3 Å². The highest BCUT2D eigenvalue weighted by molar-refractivity contribution is 4.50. The van der Waals surface area contributed by atoms with Gasteiger partial charge in [0.25, 0.3) is 0 Å². The third kappa shape index (κ3) is 37.6. The fourth-order valence-electron chi connectivity index (χ4n) is 4.01. The van der Waals surface area contributed by atoms with Crippen molar-refractivity contribution in [3.8, 4) is 0 Å². The number of rotatable bonds is 23. The molecule has 31 heavy (non-hydrogen) atoms. The summed E-state index contributed by atoms with van der Waals surface area (Å²) < 4.78 is 0. The molecule has 0 amide bonds. The SMILES string of the molecule is CCCCCCCCCCCCCCN(C)C.CCCCCCCCCCCN(C)C. The zero-order chi connectivity index (χ0) is 23.4. The van der Waals surface area contributed by atoms with Crippen molar-refractivity contribution in [1.82, 2.24) is 9.80 Å². The first-order valence-electron chi connectivity index (χ1n) is 14.3. The quantitative estimate of drug-likeness (QED) is 0.146. The van der Waals surface area contributed by atoms with E-state index in [1.807, 2.05) is 0 Å². The van der Waals surface area contributed by atoms with Crippen LogP contribution in [0.3, 0.4) is 0 Å². The van der Waals surface area contributed by atoms with Gasteiger partial charge in [-0.2, -0.15) is 0 Å². The molecular formula is C29H64N2. The predicted octanol–water partition coefficient (Wildman–Crippen LogP) is 9.33. The van der Waals surface area contributed by atoms with E-state index >= 15 is 0 Å². The lowest BCUT2D eigenvalue weighted by atomic mass is 10.1. The van der Waals surface area contributed by atoms with Gasteiger partial charge < -0.3 is 9.80 Å². The average Bonchev–Trinajstić information content (AvgIpc) is 2.73. The van der Waals surface area contributed by atoms with Gasteiger partial charge in [0.05, 0.1) is 0 Å². The van der Waals surface area contributed by atoms with Crippen molar-refractivity contribution in [2.24, 2.45) is 0 Å². The monoisotopic (exact) mass is 441 g/mol. The molecule has 0 aromatic rings. The third-order valence-electron chi connectivity index (χ3n) is 6.17. The van der Waals surface area contributed by atoms with Crippen LogP contribution in [0.25, 0.3) is 0 Å². The molecule has 0 unspecified atom stereocenters. The van der Waals surface area contributed by atoms with Gasteiger partial charge in [0.1, 0.15) is 0 Å². The molecule has 0 aromatic carbocycles. The van der Waals surface area contributed by atoms with Crippen LogP contribution in [0.15, 0.2) is 0 Å². The van der Waals surface area contributed by atoms with E-state index in [-0.39, 0.29) is 0 Å². The molecule has 0 heterocycles. The zero-order valence-electron chi connectivity index (χ0n) is 23.2. The van der Waals surface area contributed by atoms with Gasteiger partial charge in [-0.3, -0.25) is 0 Å². The lowest BCUT2D eigenvalue weighted by Gasteiger charge is -2.08. The molecule has 0 rings (SSSR count). The van der Waals surface area contributed by atoms with Gasteiger partial charge in [-0.1, -0.05) is 136 Å². The highest BCUT2D eigenvalue weighted by Gasteiger charge is 1.94. The number of unbranched alkanes of at least 4 members (excludes halogenated alkanes) is 19. The van der Waals surface area contributed by atoms with Crippen molar-refractivity contribution in [3.05, 3.63) is 0 Å². The van der Waals surface area contributed by atoms with Crippen molar-refractivity contribution in [2.45, 2.75) is 149 Å². The van der Waals surface area contributed by atoms with Gasteiger partial charge in [-0.05, 0) is 54.1 Å². The summed E-state index contributed by atoms with van der Waals surface area (Å²) in [4.78, 5) is 4.57. The summed E-state index contributed by atoms with van der Waals surface area (Å²) in [6.07, 6.45) is 30.2. The molecule has 0 aliphatic carbocycles. The molecule has 0 bridgehead atoms. The smallest absolute Gasteiger partial charge is 0.00248 e. The third-order valence-corrected chi connectivity index (χ3v) is 6.17. The molecule has 0 saturated heterocycles. The largest absolute Gasteiger partial charge is 0.309 e. The number of hydrogen-bond donors (Lipinski definition) is 0. The molecule has 2 heteroatoms. The van der Waals surface area contributed by atoms with Crippen molar-refractivity contribution in [1.29, 1.82) is 0 Å². The fourth-order valence-corrected chi connectivity index (χ4v) is 4.01. The van der Waals surface area contributed by atoms with Crippen LogP contribution in [-0.2, 0) is 0 Å². The minimum absolute atomic E-state index is 1.26. The van der Waals surface area contributed by atoms with E-state index < -0.39 is 0 Å². The minimum Gasteiger partial charge on any atom is -0.309 e. The van der Waals surface area contributed by atoms with Crippen LogP contribution in [0, 0.1) is 0 Å². The summed E-state index contributed by atoms with van der Waals surface area (Å²) >= 11 is 0. The van der Waals surface area contributed by atoms with E-state index in [0.29, 0.717) is 0 Å². The Morgan fingerprint density at radius 2 is 0.484 bits per heavy atom. The average molecular weight is 441 g/mol. The Morgan fingerprint density at radius 1 is 0.290 bits per heavy atom. The van der Waals surface area contributed by atoms with Crippen LogP contribution < -0.4 is 0 Å². The molecule has 0 aliphatic heterocycles. The van der Waals surface area contributed by atoms with Crippen LogP contribution in [0.1, 0.15) is 149 Å². The van der Waals surface area contributed by atoms with Crippen LogP contribution in [0.2, 0.25) is 0 Å². The Balaban J connectivity index is 0. The summed E-state index contributed by atoms with van der Waals surface area (Å²) in [6, 6.07) is 0. The first kappa shape index (κ1) is 33.1. The van der Waals surface area contributed by atoms with Gasteiger partial charge in [0.2, 0.25) is 0 Å². The molecular weight excluding hydrogens is 376 g/mol. The summed E-state index contributed by atoms with van der Waals surface area (Å²) in [5.74, 6) is 0. The second-order valence-electron chi connectivity index (χ2n) is 10.3. The van der Waals surface area contributed by atoms with Gasteiger partial charge in [0, 0.05) is 0 Å². The van der Waals surface area contributed by atoms with E-state index in [9.17, 15) is 0 Å². The summed E-state index contributed by atoms with van der Waals surface area (Å²) in [5.41, 5.74) is 0. The molecule has 0 atom stereocenters. The van der Waals surface area contributed by atoms with Crippen molar-refractivity contribution >= 4 is 0 Å². The standard InChI is InChI=1S/C16H35N.C13H29N/c1-4-5-6-7-8-9-10-11-12-13-14-15-16-17(2)3;1-4-5-6-7-8-9-10-11-12-13-14(2)3/h4-16H2,1-3H3;4-13H2,1-3H3. The minimum atomic E-state index is 1.26. The van der Waals surface area contributed by atoms with Crippen LogP contribution in [0.4, 0.5) is 0 Å². The molecule has 0 aliphatic rings. The van der Waals surface area contributed by atoms with E-state index in [1.54, 1.807) is 0 Å². The summed E-state index contributed by atoms with van der Waals surface area (Å²) in [7, 11) is 8.65. The van der Waals surface area contributed by atoms with Gasteiger partial charge in [-0.15, -0.1) is 0 Å². The topological polar surface area (TPSA) is 6.48 Å². The molecule has 2 nitrogen and oxygen atoms in total. The van der Waals surface area contributed by atoms with Crippen LogP contribution >= 0.6 is 0 Å². The molecule has 0 spiro atoms. The number of hydrogen-bond acceptors (Lipinski definition) is 2. The van der Waals surface area contributed by atoms with Crippen molar-refractivity contribution in [3.63, 3.8) is 0 Å². The molecule has 0 N–H and O–H groups in total. The summed E-state index contributed by atoms with van der Waals surface area (Å²) in [6.45, 7) is 7.09. The Morgan fingerprint density at radius 3 is 0.677 bits per heavy atom. The van der Waals surface area contributed by atoms with Gasteiger partial charge in [0.15, 0.2) is 0 Å². The van der Waals surface area contributed by atoms with E-state index in [1.165, 1.54) is 148 Å². The zero-order valence-corrected chi connectivity index (χ0v) is 23.2. The first-order chi connectivity index (χ1) is 15.0. The first-order valence-corrected chi connectivity index (χ1v) is 14.3. The highest BCUT2D eigenvalue weighted by atomic mass is 15.0. The Kier molecular flexibility index (Phi) is 31.9. The summed E-state index contributed by atoms with van der Waals surface area (Å²) in [5, 5.41) is 0. The maximum absolute atomic E-state index is 2.29. The lowest BCUT2D eigenvalue weighted by molar-refractivity contribution is 0.389. The molecule has 0 fully saturated rings. The van der Waals surface area contributed by atoms with Crippen LogP contribution in [0.5, 0.6) is 0 Å². The normalized spacial score (nSPS) is 11.2. The fraction of sp³-hybridized carbons (Fsp3) is 1.00. The second kappa shape index (κ2) is 29.9. The molecule has 0 aromatic heterocycles. The maximum Gasteiger partial charge on any atom is -0.00248 e. The maximum atomic E-state index is 2.29. The van der Waals surface area contributed by atoms with E-state index in [2.05, 4.69) is 51.8 Å². The Bertz CT molecular complexity index is 288.